The smallest absolute Gasteiger partial charge is 0.110 e. The van der Waals surface area contributed by atoms with Crippen LogP contribution in [0.15, 0.2) is 0 Å². The molecule has 1 heterocycles. The molecule has 2 fully saturated rings. The van der Waals surface area contributed by atoms with Crippen LogP contribution in [0.25, 0.3) is 0 Å². The number of hydrogen-bond donors (Lipinski definition) is 1. The van der Waals surface area contributed by atoms with Gasteiger partial charge in [-0.05, 0) is 54.3 Å². The number of aliphatic hydroxyl groups is 1. The van der Waals surface area contributed by atoms with Gasteiger partial charge in [-0.15, -0.1) is 0 Å². The van der Waals surface area contributed by atoms with Crippen LogP contribution >= 0.6 is 0 Å². The lowest BCUT2D eigenvalue weighted by molar-refractivity contribution is -0.103. The van der Waals surface area contributed by atoms with Crippen LogP contribution in [-0.2, 0) is 0 Å². The van der Waals surface area contributed by atoms with Gasteiger partial charge in [0.2, 0.25) is 0 Å². The minimum absolute atomic E-state index is 0.272. The number of nitrogens with zero attached hydrogens (tertiary/aromatic N) is 1. The van der Waals surface area contributed by atoms with Crippen LogP contribution in [0.2, 0.25) is 0 Å². The summed E-state index contributed by atoms with van der Waals surface area (Å²) in [5, 5.41) is 10.7. The summed E-state index contributed by atoms with van der Waals surface area (Å²) in [5.41, 5.74) is 0.334. The van der Waals surface area contributed by atoms with Crippen molar-refractivity contribution < 1.29 is 5.11 Å². The van der Waals surface area contributed by atoms with Crippen LogP contribution in [0.5, 0.6) is 0 Å². The molecule has 0 spiro atoms. The van der Waals surface area contributed by atoms with Crippen molar-refractivity contribution in [1.29, 1.82) is 0 Å². The van der Waals surface area contributed by atoms with Crippen LogP contribution in [0.4, 0.5) is 0 Å². The van der Waals surface area contributed by atoms with Gasteiger partial charge in [-0.2, -0.15) is 0 Å². The van der Waals surface area contributed by atoms with E-state index in [0.717, 1.165) is 30.8 Å². The predicted octanol–water partition coefficient (Wildman–Crippen LogP) is 4.77. The van der Waals surface area contributed by atoms with Gasteiger partial charge in [-0.25, -0.2) is 0 Å². The zero-order chi connectivity index (χ0) is 16.5. The van der Waals surface area contributed by atoms with Crippen molar-refractivity contribution in [2.24, 2.45) is 35.0 Å². The third-order valence-electron chi connectivity index (χ3n) is 6.87. The Balaban J connectivity index is 1.97. The lowest BCUT2D eigenvalue weighted by Gasteiger charge is -2.50. The van der Waals surface area contributed by atoms with Crippen LogP contribution < -0.4 is 0 Å². The molecule has 2 nitrogen and oxygen atoms in total. The number of hydrogen-bond acceptors (Lipinski definition) is 2. The second-order valence-corrected chi connectivity index (χ2v) is 9.39. The summed E-state index contributed by atoms with van der Waals surface area (Å²) in [5.74, 6) is 3.59. The monoisotopic (exact) mass is 309 g/mol. The molecule has 0 radical (unpaired) electrons. The van der Waals surface area contributed by atoms with E-state index in [4.69, 9.17) is 0 Å². The molecule has 1 aliphatic heterocycles. The van der Waals surface area contributed by atoms with E-state index in [1.807, 2.05) is 0 Å². The maximum Gasteiger partial charge on any atom is 0.110 e. The maximum absolute atomic E-state index is 10.7. The average Bonchev–Trinajstić information content (AvgIpc) is 2.45. The van der Waals surface area contributed by atoms with Crippen molar-refractivity contribution >= 4 is 0 Å². The van der Waals surface area contributed by atoms with Crippen molar-refractivity contribution in [3.05, 3.63) is 0 Å². The molecule has 0 bridgehead atoms. The van der Waals surface area contributed by atoms with Gasteiger partial charge in [0.05, 0.1) is 0 Å². The number of piperidine rings is 1. The molecule has 1 saturated carbocycles. The second-order valence-electron chi connectivity index (χ2n) is 9.39. The normalized spacial score (nSPS) is 36.3. The van der Waals surface area contributed by atoms with Crippen LogP contribution in [0, 0.1) is 35.0 Å². The highest BCUT2D eigenvalue weighted by Crippen LogP contribution is 2.46. The molecule has 0 aromatic heterocycles. The van der Waals surface area contributed by atoms with Crippen molar-refractivity contribution in [3.8, 4) is 0 Å². The molecule has 130 valence electrons. The molecule has 1 aliphatic carbocycles. The topological polar surface area (TPSA) is 23.5 Å². The first kappa shape index (κ1) is 18.3. The molecule has 1 saturated heterocycles. The number of likely N-dealkylation sites (tertiary alicyclic amines) is 1. The fourth-order valence-electron chi connectivity index (χ4n) is 4.88. The Morgan fingerprint density at radius 1 is 1.00 bits per heavy atom. The lowest BCUT2D eigenvalue weighted by Crippen LogP contribution is -2.53. The van der Waals surface area contributed by atoms with Gasteiger partial charge in [-0.3, -0.25) is 4.90 Å². The van der Waals surface area contributed by atoms with Crippen LogP contribution in [-0.4, -0.2) is 29.3 Å². The molecule has 0 amide bonds. The van der Waals surface area contributed by atoms with E-state index < -0.39 is 0 Å². The van der Waals surface area contributed by atoms with E-state index in [1.54, 1.807) is 0 Å². The van der Waals surface area contributed by atoms with Gasteiger partial charge in [0.15, 0.2) is 0 Å². The standard InChI is InChI=1S/C20H39NO/c1-14(2)16(4)19(22)21-12-11-18(20(5,6)13-21)17-9-7-15(3)8-10-17/h14-19,22H,7-13H2,1-6H3/t15?,16-,17?,18?,19?/m1/s1. The van der Waals surface area contributed by atoms with Gasteiger partial charge in [0.25, 0.3) is 0 Å². The van der Waals surface area contributed by atoms with Crippen LogP contribution in [0.1, 0.15) is 73.6 Å². The van der Waals surface area contributed by atoms with Crippen molar-refractivity contribution in [2.45, 2.75) is 79.9 Å². The zero-order valence-electron chi connectivity index (χ0n) is 15.8. The summed E-state index contributed by atoms with van der Waals surface area (Å²) < 4.78 is 0. The molecule has 22 heavy (non-hydrogen) atoms. The molecule has 2 rings (SSSR count). The summed E-state index contributed by atoms with van der Waals surface area (Å²) in [6.07, 6.45) is 6.71. The third kappa shape index (κ3) is 4.06. The Kier molecular flexibility index (Phi) is 5.99. The Morgan fingerprint density at radius 3 is 2.09 bits per heavy atom. The summed E-state index contributed by atoms with van der Waals surface area (Å²) >= 11 is 0. The molecule has 3 atom stereocenters. The molecule has 0 aromatic carbocycles. The second kappa shape index (κ2) is 7.21. The van der Waals surface area contributed by atoms with E-state index in [1.165, 1.54) is 32.1 Å². The summed E-state index contributed by atoms with van der Waals surface area (Å²) in [4.78, 5) is 2.35. The van der Waals surface area contributed by atoms with Gasteiger partial charge >= 0.3 is 0 Å². The largest absolute Gasteiger partial charge is 0.378 e. The summed E-state index contributed by atoms with van der Waals surface area (Å²) in [6.45, 7) is 16.1. The zero-order valence-corrected chi connectivity index (χ0v) is 15.8. The van der Waals surface area contributed by atoms with Crippen molar-refractivity contribution in [1.82, 2.24) is 4.90 Å². The quantitative estimate of drug-likeness (QED) is 0.808. The van der Waals surface area contributed by atoms with E-state index in [0.29, 0.717) is 17.3 Å². The highest BCUT2D eigenvalue weighted by molar-refractivity contribution is 4.93. The maximum atomic E-state index is 10.7. The minimum atomic E-state index is -0.272. The van der Waals surface area contributed by atoms with Crippen molar-refractivity contribution in [2.75, 3.05) is 13.1 Å². The molecule has 2 aliphatic rings. The van der Waals surface area contributed by atoms with Crippen LogP contribution in [0.3, 0.4) is 0 Å². The highest BCUT2D eigenvalue weighted by Gasteiger charge is 2.42. The first-order valence-corrected chi connectivity index (χ1v) is 9.64. The van der Waals surface area contributed by atoms with E-state index >= 15 is 0 Å². The molecular weight excluding hydrogens is 270 g/mol. The SMILES string of the molecule is CC1CCC(C2CCN(C(O)[C@H](C)C(C)C)CC2(C)C)CC1. The fraction of sp³-hybridized carbons (Fsp3) is 1.00. The summed E-state index contributed by atoms with van der Waals surface area (Å²) in [7, 11) is 0. The molecule has 0 aromatic rings. The number of rotatable bonds is 4. The van der Waals surface area contributed by atoms with Gasteiger partial charge in [0, 0.05) is 13.1 Å². The van der Waals surface area contributed by atoms with E-state index in [2.05, 4.69) is 46.4 Å². The first-order valence-electron chi connectivity index (χ1n) is 9.64. The van der Waals surface area contributed by atoms with Gasteiger partial charge < -0.3 is 5.11 Å². The molecule has 2 heteroatoms. The first-order chi connectivity index (χ1) is 10.2. The minimum Gasteiger partial charge on any atom is -0.378 e. The van der Waals surface area contributed by atoms with E-state index in [-0.39, 0.29) is 6.23 Å². The van der Waals surface area contributed by atoms with Gasteiger partial charge in [0.1, 0.15) is 6.23 Å². The van der Waals surface area contributed by atoms with Gasteiger partial charge in [-0.1, -0.05) is 54.4 Å². The highest BCUT2D eigenvalue weighted by atomic mass is 16.3. The average molecular weight is 310 g/mol. The Bertz CT molecular complexity index is 344. The Hall–Kier alpha value is -0.0800. The molecule has 1 N–H and O–H groups in total. The van der Waals surface area contributed by atoms with Crippen molar-refractivity contribution in [3.63, 3.8) is 0 Å². The van der Waals surface area contributed by atoms with E-state index in [9.17, 15) is 5.11 Å². The summed E-state index contributed by atoms with van der Waals surface area (Å²) in [6, 6.07) is 0. The lowest BCUT2D eigenvalue weighted by atomic mass is 9.63. The third-order valence-corrected chi connectivity index (χ3v) is 6.87. The molecular formula is C20H39NO. The molecule has 2 unspecified atom stereocenters. The number of aliphatic hydroxyl groups excluding tert-OH is 1. The predicted molar refractivity (Wildman–Crippen MR) is 94.6 cm³/mol. The Labute approximate surface area is 138 Å². The fourth-order valence-corrected chi connectivity index (χ4v) is 4.88. The Morgan fingerprint density at radius 2 is 1.59 bits per heavy atom.